The van der Waals surface area contributed by atoms with Crippen molar-refractivity contribution < 1.29 is 28.1 Å². The smallest absolute Gasteiger partial charge is 0.323 e. The number of urea groups is 1. The molecule has 0 saturated heterocycles. The van der Waals surface area contributed by atoms with Crippen molar-refractivity contribution in [3.63, 3.8) is 0 Å². The van der Waals surface area contributed by atoms with Crippen LogP contribution in [0.15, 0.2) is 48.5 Å². The first-order valence-electron chi connectivity index (χ1n) is 16.3. The molecule has 2 aliphatic rings. The fraction of sp³-hybridized carbons (Fsp3) is 0.400. The monoisotopic (exact) mass is 688 g/mol. The first kappa shape index (κ1) is 34.4. The second kappa shape index (κ2) is 14.5. The maximum atomic E-state index is 13.4. The molecule has 0 spiro atoms. The van der Waals surface area contributed by atoms with Crippen LogP contribution < -0.4 is 24.8 Å². The number of phenols is 1. The summed E-state index contributed by atoms with van der Waals surface area (Å²) in [6.07, 6.45) is 2.66. The molecule has 1 aliphatic carbocycles. The summed E-state index contributed by atoms with van der Waals surface area (Å²) in [6.45, 7) is 9.54. The number of methoxy groups -OCH3 is 1. The number of para-hydroxylation sites is 1. The molecule has 1 unspecified atom stereocenters. The summed E-state index contributed by atoms with van der Waals surface area (Å²) in [4.78, 5) is 15.6. The third kappa shape index (κ3) is 7.72. The minimum Gasteiger partial charge on any atom is -0.760 e. The lowest BCUT2D eigenvalue weighted by Crippen LogP contribution is -2.36. The molecular weight excluding hydrogens is 646 g/mol. The van der Waals surface area contributed by atoms with Crippen LogP contribution >= 0.6 is 0 Å². The van der Waals surface area contributed by atoms with Crippen LogP contribution in [0.1, 0.15) is 55.3 Å². The van der Waals surface area contributed by atoms with Crippen molar-refractivity contribution in [3.05, 3.63) is 76.6 Å². The van der Waals surface area contributed by atoms with Gasteiger partial charge in [-0.05, 0) is 71.7 Å². The van der Waals surface area contributed by atoms with E-state index >= 15 is 0 Å². The number of benzene rings is 3. The van der Waals surface area contributed by atoms with Gasteiger partial charge in [-0.2, -0.15) is 0 Å². The zero-order chi connectivity index (χ0) is 34.7. The number of ether oxygens (including phenoxy) is 2. The maximum absolute atomic E-state index is 13.4. The molecule has 49 heavy (non-hydrogen) atoms. The van der Waals surface area contributed by atoms with E-state index in [9.17, 15) is 18.7 Å². The molecule has 14 heteroatoms. The van der Waals surface area contributed by atoms with E-state index < -0.39 is 17.3 Å². The minimum absolute atomic E-state index is 0.0222. The van der Waals surface area contributed by atoms with E-state index in [4.69, 9.17) is 9.47 Å². The maximum Gasteiger partial charge on any atom is 0.323 e. The fourth-order valence-corrected chi connectivity index (χ4v) is 6.74. The lowest BCUT2D eigenvalue weighted by molar-refractivity contribution is 0.174. The van der Waals surface area contributed by atoms with E-state index in [0.29, 0.717) is 48.1 Å². The molecule has 3 aromatic carbocycles. The number of rotatable bonds is 11. The van der Waals surface area contributed by atoms with Crippen molar-refractivity contribution in [2.75, 3.05) is 37.4 Å². The number of nitrogens with one attached hydrogen (secondary N) is 3. The standard InChI is InChI=1S/C35H43N7O6S/c1-35(2,3)23-18-22(20-36-49(45)46)32(47-4)28(19-23)38-34(44)37-27-12-13-30(25-10-7-9-24(25)27)48-17-16-41-14-15-42-31(21-41)39-40-33(42)26-8-5-6-11-29(26)43/h5-6,8,11-13,18-19,36,43H,7,9-10,14-17,20-21H2,1-4H3,(H,45,46)(H2,37,38,44)/p-1. The predicted octanol–water partition coefficient (Wildman–Crippen LogP) is 4.87. The van der Waals surface area contributed by atoms with Gasteiger partial charge in [-0.1, -0.05) is 39.0 Å². The van der Waals surface area contributed by atoms with Crippen LogP contribution in [-0.4, -0.2) is 66.4 Å². The quantitative estimate of drug-likeness (QED) is 0.161. The molecule has 4 aromatic rings. The Hall–Kier alpha value is -4.50. The van der Waals surface area contributed by atoms with Gasteiger partial charge in [-0.3, -0.25) is 9.11 Å². The van der Waals surface area contributed by atoms with Gasteiger partial charge >= 0.3 is 6.03 Å². The predicted molar refractivity (Wildman–Crippen MR) is 186 cm³/mol. The SMILES string of the molecule is COc1c(CNS(=O)[O-])cc(C(C)(C)C)cc1NC(=O)Nc1ccc(OCCN2CCn3c(nnc3-c3ccccc3O)C2)c2c1CCC2. The first-order valence-corrected chi connectivity index (χ1v) is 17.4. The van der Waals surface area contributed by atoms with Crippen LogP contribution in [-0.2, 0) is 49.2 Å². The Morgan fingerprint density at radius 2 is 1.82 bits per heavy atom. The molecule has 0 radical (unpaired) electrons. The van der Waals surface area contributed by atoms with Crippen molar-refractivity contribution >= 4 is 28.7 Å². The largest absolute Gasteiger partial charge is 0.760 e. The van der Waals surface area contributed by atoms with E-state index in [1.165, 1.54) is 7.11 Å². The van der Waals surface area contributed by atoms with Gasteiger partial charge in [-0.15, -0.1) is 10.2 Å². The van der Waals surface area contributed by atoms with Crippen LogP contribution in [0.3, 0.4) is 0 Å². The van der Waals surface area contributed by atoms with Crippen molar-refractivity contribution in [1.29, 1.82) is 0 Å². The molecule has 1 aromatic heterocycles. The summed E-state index contributed by atoms with van der Waals surface area (Å²) in [6, 6.07) is 14.3. The van der Waals surface area contributed by atoms with Crippen LogP contribution in [0.5, 0.6) is 17.2 Å². The second-order valence-corrected chi connectivity index (χ2v) is 14.0. The Balaban J connectivity index is 1.10. The number of fused-ring (bicyclic) bond motifs is 2. The average molecular weight is 689 g/mol. The summed E-state index contributed by atoms with van der Waals surface area (Å²) in [5, 5.41) is 25.0. The van der Waals surface area contributed by atoms with Gasteiger partial charge in [0.2, 0.25) is 0 Å². The highest BCUT2D eigenvalue weighted by molar-refractivity contribution is 7.77. The van der Waals surface area contributed by atoms with Gasteiger partial charge in [0.05, 0.1) is 24.9 Å². The molecule has 2 amide bonds. The molecule has 260 valence electrons. The number of carbonyl (C=O) groups excluding carboxylic acids is 1. The van der Waals surface area contributed by atoms with Crippen molar-refractivity contribution in [1.82, 2.24) is 24.4 Å². The fourth-order valence-electron chi connectivity index (χ4n) is 6.47. The van der Waals surface area contributed by atoms with Gasteiger partial charge in [0, 0.05) is 48.7 Å². The summed E-state index contributed by atoms with van der Waals surface area (Å²) in [7, 11) is 1.49. The summed E-state index contributed by atoms with van der Waals surface area (Å²) >= 11 is -2.45. The van der Waals surface area contributed by atoms with E-state index in [-0.39, 0.29) is 17.7 Å². The van der Waals surface area contributed by atoms with Gasteiger partial charge < -0.3 is 34.3 Å². The third-order valence-corrected chi connectivity index (χ3v) is 9.38. The first-order chi connectivity index (χ1) is 23.5. The minimum atomic E-state index is -2.45. The Morgan fingerprint density at radius 1 is 1.04 bits per heavy atom. The molecule has 2 heterocycles. The van der Waals surface area contributed by atoms with Crippen LogP contribution in [0.25, 0.3) is 11.4 Å². The number of carbonyl (C=O) groups is 1. The number of amides is 2. The average Bonchev–Trinajstić information content (AvgIpc) is 3.72. The zero-order valence-electron chi connectivity index (χ0n) is 28.2. The Bertz CT molecular complexity index is 1870. The lowest BCUT2D eigenvalue weighted by Gasteiger charge is -2.27. The number of phenolic OH excluding ortho intramolecular Hbond substituents is 1. The summed E-state index contributed by atoms with van der Waals surface area (Å²) in [5.41, 5.74) is 5.29. The van der Waals surface area contributed by atoms with Gasteiger partial charge in [0.1, 0.15) is 29.7 Å². The summed E-state index contributed by atoms with van der Waals surface area (Å²) < 4.78 is 38.8. The van der Waals surface area contributed by atoms with Crippen LogP contribution in [0.4, 0.5) is 16.2 Å². The Morgan fingerprint density at radius 3 is 2.57 bits per heavy atom. The van der Waals surface area contributed by atoms with Crippen molar-refractivity contribution in [2.24, 2.45) is 0 Å². The number of aromatic hydroxyl groups is 1. The van der Waals surface area contributed by atoms with Gasteiger partial charge in [0.15, 0.2) is 5.82 Å². The normalized spacial score (nSPS) is 15.0. The second-order valence-electron chi connectivity index (χ2n) is 13.3. The number of hydrogen-bond acceptors (Lipinski definition) is 9. The highest BCUT2D eigenvalue weighted by Gasteiger charge is 2.25. The number of nitrogens with zero attached hydrogens (tertiary/aromatic N) is 4. The molecule has 4 N–H and O–H groups in total. The van der Waals surface area contributed by atoms with Crippen LogP contribution in [0.2, 0.25) is 0 Å². The highest BCUT2D eigenvalue weighted by Crippen LogP contribution is 2.38. The van der Waals surface area contributed by atoms with Crippen molar-refractivity contribution in [2.45, 2.75) is 65.1 Å². The van der Waals surface area contributed by atoms with Gasteiger partial charge in [-0.25, -0.2) is 9.52 Å². The Kier molecular flexibility index (Phi) is 10.2. The molecule has 0 fully saturated rings. The molecule has 0 saturated carbocycles. The van der Waals surface area contributed by atoms with E-state index in [0.717, 1.165) is 66.3 Å². The van der Waals surface area contributed by atoms with Crippen molar-refractivity contribution in [3.8, 4) is 28.6 Å². The molecule has 0 bridgehead atoms. The molecule has 1 aliphatic heterocycles. The lowest BCUT2D eigenvalue weighted by atomic mass is 9.85. The van der Waals surface area contributed by atoms with Crippen LogP contribution in [0, 0.1) is 0 Å². The summed E-state index contributed by atoms with van der Waals surface area (Å²) in [5.74, 6) is 2.94. The third-order valence-electron chi connectivity index (χ3n) is 9.00. The van der Waals surface area contributed by atoms with Gasteiger partial charge in [0.25, 0.3) is 0 Å². The number of anilines is 2. The molecule has 6 rings (SSSR count). The Labute approximate surface area is 288 Å². The number of hydrogen-bond donors (Lipinski definition) is 4. The topological polar surface area (TPSA) is 166 Å². The zero-order valence-corrected chi connectivity index (χ0v) is 29.0. The van der Waals surface area contributed by atoms with E-state index in [1.807, 2.05) is 57.2 Å². The van der Waals surface area contributed by atoms with E-state index in [2.05, 4.69) is 35.0 Å². The number of aromatic nitrogens is 3. The highest BCUT2D eigenvalue weighted by atomic mass is 32.2. The molecular formula is C35H42N7O6S-. The molecule has 13 nitrogen and oxygen atoms in total. The van der Waals surface area contributed by atoms with E-state index in [1.54, 1.807) is 12.1 Å². The molecule has 1 atom stereocenters.